The van der Waals surface area contributed by atoms with Gasteiger partial charge in [-0.05, 0) is 0 Å². The number of nitrogens with two attached hydrogens (primary N) is 1. The van der Waals surface area contributed by atoms with Crippen LogP contribution >= 0.6 is 0 Å². The Labute approximate surface area is 74.4 Å². The third-order valence-corrected chi connectivity index (χ3v) is 3.47. The summed E-state index contributed by atoms with van der Waals surface area (Å²) in [6, 6.07) is 0. The quantitative estimate of drug-likeness (QED) is 0.651. The Morgan fingerprint density at radius 3 is 2.54 bits per heavy atom. The fraction of sp³-hybridized carbons (Fsp3) is 0.286. The maximum atomic E-state index is 11.2. The molecule has 0 saturated carbocycles. The van der Waals surface area contributed by atoms with Gasteiger partial charge in [-0.2, -0.15) is 0 Å². The normalized spacial score (nSPS) is 18.5. The summed E-state index contributed by atoms with van der Waals surface area (Å²) < 4.78 is 27.2. The Morgan fingerprint density at radius 1 is 1.31 bits per heavy atom. The van der Waals surface area contributed by atoms with Crippen LogP contribution in [-0.2, 0) is 21.3 Å². The molecule has 1 aromatic heterocycles. The van der Waals surface area contributed by atoms with E-state index in [2.05, 4.69) is 0 Å². The lowest BCUT2D eigenvalue weighted by atomic mass is 10.2. The largest absolute Gasteiger partial charge is 0.438 e. The van der Waals surface area contributed by atoms with Crippen molar-refractivity contribution in [2.24, 2.45) is 0 Å². The molecule has 5 nitrogen and oxygen atoms in total. The summed E-state index contributed by atoms with van der Waals surface area (Å²) in [6.45, 7) is 0. The third kappa shape index (κ3) is 1.14. The highest BCUT2D eigenvalue weighted by Crippen LogP contribution is 2.33. The Balaban J connectivity index is 2.64. The summed E-state index contributed by atoms with van der Waals surface area (Å²) in [4.78, 5) is 10.4. The molecular formula is C7H7NO4S. The average molecular weight is 201 g/mol. The van der Waals surface area contributed by atoms with Crippen LogP contribution in [0, 0.1) is 0 Å². The van der Waals surface area contributed by atoms with Crippen molar-refractivity contribution in [3.8, 4) is 0 Å². The molecular weight excluding hydrogens is 194 g/mol. The molecule has 70 valence electrons. The number of furan rings is 1. The molecule has 2 heterocycles. The fourth-order valence-corrected chi connectivity index (χ4v) is 3.06. The van der Waals surface area contributed by atoms with Gasteiger partial charge in [0.2, 0.25) is 0 Å². The maximum absolute atomic E-state index is 11.2. The van der Waals surface area contributed by atoms with E-state index >= 15 is 0 Å². The van der Waals surface area contributed by atoms with E-state index < -0.39 is 9.84 Å². The molecule has 0 atom stereocenters. The first-order valence-corrected chi connectivity index (χ1v) is 5.41. The number of carbonyl (C=O) groups excluding carboxylic acids is 1. The van der Waals surface area contributed by atoms with Crippen molar-refractivity contribution in [3.63, 3.8) is 0 Å². The van der Waals surface area contributed by atoms with Gasteiger partial charge >= 0.3 is 0 Å². The van der Waals surface area contributed by atoms with Gasteiger partial charge in [-0.1, -0.05) is 0 Å². The highest BCUT2D eigenvalue weighted by molar-refractivity contribution is 7.90. The zero-order valence-corrected chi connectivity index (χ0v) is 7.43. The minimum absolute atomic E-state index is 0.0357. The summed E-state index contributed by atoms with van der Waals surface area (Å²) >= 11 is 0. The Kier molecular flexibility index (Phi) is 1.50. The SMILES string of the molecule is Nc1oc(C=O)c2c1CS(=O)(=O)C2. The Morgan fingerprint density at radius 2 is 1.92 bits per heavy atom. The molecule has 1 aliphatic rings. The molecule has 1 aliphatic heterocycles. The summed E-state index contributed by atoms with van der Waals surface area (Å²) in [6.07, 6.45) is 0.482. The summed E-state index contributed by atoms with van der Waals surface area (Å²) in [5, 5.41) is 0. The number of aldehydes is 1. The highest BCUT2D eigenvalue weighted by atomic mass is 32.2. The fourth-order valence-electron chi connectivity index (χ4n) is 1.44. The van der Waals surface area contributed by atoms with Gasteiger partial charge < -0.3 is 10.2 Å². The number of hydrogen-bond acceptors (Lipinski definition) is 5. The van der Waals surface area contributed by atoms with Crippen molar-refractivity contribution in [3.05, 3.63) is 16.9 Å². The van der Waals surface area contributed by atoms with Gasteiger partial charge in [0, 0.05) is 11.1 Å². The second-order valence-corrected chi connectivity index (χ2v) is 5.00. The first kappa shape index (κ1) is 8.31. The van der Waals surface area contributed by atoms with Crippen molar-refractivity contribution in [2.75, 3.05) is 5.73 Å². The molecule has 0 bridgehead atoms. The van der Waals surface area contributed by atoms with E-state index in [4.69, 9.17) is 10.2 Å². The summed E-state index contributed by atoms with van der Waals surface area (Å²) in [5.41, 5.74) is 6.27. The van der Waals surface area contributed by atoms with E-state index in [-0.39, 0.29) is 23.2 Å². The van der Waals surface area contributed by atoms with Crippen LogP contribution in [0.1, 0.15) is 21.7 Å². The van der Waals surface area contributed by atoms with E-state index in [1.807, 2.05) is 0 Å². The van der Waals surface area contributed by atoms with E-state index in [9.17, 15) is 13.2 Å². The number of rotatable bonds is 1. The standard InChI is InChI=1S/C7H7NO4S/c8-7-5-3-13(10,11)2-4(5)6(1-9)12-7/h1H,2-3,8H2. The van der Waals surface area contributed by atoms with Crippen LogP contribution in [-0.4, -0.2) is 14.7 Å². The zero-order valence-electron chi connectivity index (χ0n) is 6.61. The van der Waals surface area contributed by atoms with Crippen molar-refractivity contribution < 1.29 is 17.6 Å². The van der Waals surface area contributed by atoms with Gasteiger partial charge in [0.1, 0.15) is 0 Å². The second-order valence-electron chi connectivity index (χ2n) is 2.94. The average Bonchev–Trinajstić information content (AvgIpc) is 2.47. The van der Waals surface area contributed by atoms with Crippen LogP contribution in [0.25, 0.3) is 0 Å². The van der Waals surface area contributed by atoms with Crippen LogP contribution in [0.2, 0.25) is 0 Å². The minimum atomic E-state index is -3.12. The lowest BCUT2D eigenvalue weighted by Gasteiger charge is -1.91. The lowest BCUT2D eigenvalue weighted by Crippen LogP contribution is -1.98. The highest BCUT2D eigenvalue weighted by Gasteiger charge is 2.32. The van der Waals surface area contributed by atoms with Crippen molar-refractivity contribution in [2.45, 2.75) is 11.5 Å². The number of carbonyl (C=O) groups is 1. The van der Waals surface area contributed by atoms with Crippen molar-refractivity contribution in [1.29, 1.82) is 0 Å². The number of hydrogen-bond donors (Lipinski definition) is 1. The topological polar surface area (TPSA) is 90.4 Å². The van der Waals surface area contributed by atoms with E-state index in [0.717, 1.165) is 0 Å². The molecule has 0 aromatic carbocycles. The summed E-state index contributed by atoms with van der Waals surface area (Å²) in [5.74, 6) is -0.186. The molecule has 0 saturated heterocycles. The molecule has 0 unspecified atom stereocenters. The smallest absolute Gasteiger partial charge is 0.195 e. The first-order valence-electron chi connectivity index (χ1n) is 3.59. The Hall–Kier alpha value is -1.30. The molecule has 1 aromatic rings. The summed E-state index contributed by atoms with van der Waals surface area (Å²) in [7, 11) is -3.12. The number of anilines is 1. The van der Waals surface area contributed by atoms with Gasteiger partial charge in [0.25, 0.3) is 0 Å². The van der Waals surface area contributed by atoms with Crippen molar-refractivity contribution >= 4 is 22.0 Å². The number of sulfone groups is 1. The van der Waals surface area contributed by atoms with Gasteiger partial charge in [-0.25, -0.2) is 8.42 Å². The predicted molar refractivity (Wildman–Crippen MR) is 44.8 cm³/mol. The first-order chi connectivity index (χ1) is 6.03. The molecule has 2 N–H and O–H groups in total. The molecule has 0 fully saturated rings. The van der Waals surface area contributed by atoms with Gasteiger partial charge in [0.15, 0.2) is 27.8 Å². The maximum Gasteiger partial charge on any atom is 0.195 e. The second kappa shape index (κ2) is 2.35. The van der Waals surface area contributed by atoms with Crippen LogP contribution < -0.4 is 5.73 Å². The minimum Gasteiger partial charge on any atom is -0.438 e. The van der Waals surface area contributed by atoms with Crippen LogP contribution in [0.3, 0.4) is 0 Å². The van der Waals surface area contributed by atoms with Gasteiger partial charge in [0.05, 0.1) is 11.5 Å². The molecule has 0 spiro atoms. The zero-order chi connectivity index (χ0) is 9.64. The van der Waals surface area contributed by atoms with Crippen LogP contribution in [0.4, 0.5) is 5.88 Å². The monoisotopic (exact) mass is 201 g/mol. The van der Waals surface area contributed by atoms with Crippen LogP contribution in [0.15, 0.2) is 4.42 Å². The van der Waals surface area contributed by atoms with E-state index in [1.54, 1.807) is 0 Å². The lowest BCUT2D eigenvalue weighted by molar-refractivity contribution is 0.110. The van der Waals surface area contributed by atoms with E-state index in [1.165, 1.54) is 0 Å². The third-order valence-electron chi connectivity index (χ3n) is 2.01. The number of fused-ring (bicyclic) bond motifs is 1. The van der Waals surface area contributed by atoms with E-state index in [0.29, 0.717) is 17.4 Å². The van der Waals surface area contributed by atoms with Gasteiger partial charge in [-0.3, -0.25) is 4.79 Å². The Bertz CT molecular complexity index is 471. The molecule has 0 aliphatic carbocycles. The molecule has 0 amide bonds. The predicted octanol–water partition coefficient (Wildman–Crippen LogP) is 0.103. The number of nitrogen functional groups attached to an aromatic ring is 1. The molecule has 0 radical (unpaired) electrons. The van der Waals surface area contributed by atoms with Crippen LogP contribution in [0.5, 0.6) is 0 Å². The van der Waals surface area contributed by atoms with Gasteiger partial charge in [-0.15, -0.1) is 0 Å². The van der Waals surface area contributed by atoms with Crippen molar-refractivity contribution in [1.82, 2.24) is 0 Å². The molecule has 13 heavy (non-hydrogen) atoms. The molecule has 6 heteroatoms. The molecule has 2 rings (SSSR count).